The van der Waals surface area contributed by atoms with Crippen molar-refractivity contribution in [3.8, 4) is 5.75 Å². The SMILES string of the molecule is COc1ccc(Cl)cc1C(=O)NNC(=O)c1ccc(S(=O)(=O)Nc2ccccc2)cc1. The van der Waals surface area contributed by atoms with Gasteiger partial charge in [-0.25, -0.2) is 8.42 Å². The van der Waals surface area contributed by atoms with Crippen molar-refractivity contribution in [2.75, 3.05) is 11.8 Å². The number of amides is 2. The summed E-state index contributed by atoms with van der Waals surface area (Å²) in [7, 11) is -2.40. The van der Waals surface area contributed by atoms with Crippen molar-refractivity contribution in [2.45, 2.75) is 4.90 Å². The Kier molecular flexibility index (Phi) is 6.78. The van der Waals surface area contributed by atoms with Gasteiger partial charge in [0.15, 0.2) is 0 Å². The highest BCUT2D eigenvalue weighted by molar-refractivity contribution is 7.92. The lowest BCUT2D eigenvalue weighted by Crippen LogP contribution is -2.41. The van der Waals surface area contributed by atoms with E-state index in [0.717, 1.165) is 0 Å². The third-order valence-electron chi connectivity index (χ3n) is 4.15. The number of carbonyl (C=O) groups is 2. The standard InChI is InChI=1S/C21H18ClN3O5S/c1-30-19-12-9-15(22)13-18(19)21(27)24-23-20(26)14-7-10-17(11-8-14)31(28,29)25-16-5-3-2-4-6-16/h2-13,25H,1H3,(H,23,26)(H,24,27). The topological polar surface area (TPSA) is 114 Å². The minimum absolute atomic E-state index is 0.0133. The maximum Gasteiger partial charge on any atom is 0.273 e. The Morgan fingerprint density at radius 3 is 2.16 bits per heavy atom. The van der Waals surface area contributed by atoms with Crippen LogP contribution in [0.15, 0.2) is 77.7 Å². The number of hydrogen-bond acceptors (Lipinski definition) is 5. The summed E-state index contributed by atoms with van der Waals surface area (Å²) in [5.74, 6) is -0.968. The van der Waals surface area contributed by atoms with Crippen LogP contribution in [0.25, 0.3) is 0 Å². The van der Waals surface area contributed by atoms with Crippen LogP contribution in [0.3, 0.4) is 0 Å². The van der Waals surface area contributed by atoms with Crippen molar-refractivity contribution in [3.63, 3.8) is 0 Å². The van der Waals surface area contributed by atoms with Crippen LogP contribution in [-0.2, 0) is 10.0 Å². The average molecular weight is 460 g/mol. The molecule has 3 rings (SSSR count). The highest BCUT2D eigenvalue weighted by Gasteiger charge is 2.17. The predicted octanol–water partition coefficient (Wildman–Crippen LogP) is 3.22. The number of rotatable bonds is 6. The number of hydrazine groups is 1. The summed E-state index contributed by atoms with van der Waals surface area (Å²) in [5.41, 5.74) is 5.25. The van der Waals surface area contributed by atoms with Gasteiger partial charge in [0, 0.05) is 16.3 Å². The van der Waals surface area contributed by atoms with Crippen molar-refractivity contribution in [1.82, 2.24) is 10.9 Å². The van der Waals surface area contributed by atoms with Crippen LogP contribution < -0.4 is 20.3 Å². The summed E-state index contributed by atoms with van der Waals surface area (Å²) < 4.78 is 32.5. The van der Waals surface area contributed by atoms with E-state index in [2.05, 4.69) is 15.6 Å². The Bertz CT molecular complexity index is 1200. The van der Waals surface area contributed by atoms with Gasteiger partial charge in [0.25, 0.3) is 21.8 Å². The van der Waals surface area contributed by atoms with E-state index < -0.39 is 21.8 Å². The maximum absolute atomic E-state index is 12.5. The summed E-state index contributed by atoms with van der Waals surface area (Å²) in [6.45, 7) is 0. The quantitative estimate of drug-likeness (QED) is 0.490. The molecule has 0 unspecified atom stereocenters. The van der Waals surface area contributed by atoms with Gasteiger partial charge >= 0.3 is 0 Å². The molecule has 0 bridgehead atoms. The Labute approximate surface area is 184 Å². The molecule has 0 aliphatic carbocycles. The van der Waals surface area contributed by atoms with Crippen molar-refractivity contribution in [1.29, 1.82) is 0 Å². The van der Waals surface area contributed by atoms with E-state index in [9.17, 15) is 18.0 Å². The number of ether oxygens (including phenoxy) is 1. The number of benzene rings is 3. The molecule has 0 saturated carbocycles. The van der Waals surface area contributed by atoms with Gasteiger partial charge in [-0.05, 0) is 54.6 Å². The van der Waals surface area contributed by atoms with E-state index in [0.29, 0.717) is 10.7 Å². The second-order valence-electron chi connectivity index (χ2n) is 6.25. The average Bonchev–Trinajstić information content (AvgIpc) is 2.77. The van der Waals surface area contributed by atoms with Gasteiger partial charge in [-0.1, -0.05) is 29.8 Å². The molecule has 0 atom stereocenters. The van der Waals surface area contributed by atoms with Gasteiger partial charge in [0.1, 0.15) is 5.75 Å². The molecule has 8 nitrogen and oxygen atoms in total. The van der Waals surface area contributed by atoms with Crippen LogP contribution in [0.2, 0.25) is 5.02 Å². The molecule has 0 heterocycles. The fourth-order valence-corrected chi connectivity index (χ4v) is 3.85. The fraction of sp³-hybridized carbons (Fsp3) is 0.0476. The third-order valence-corrected chi connectivity index (χ3v) is 5.78. The first-order valence-corrected chi connectivity index (χ1v) is 10.8. The lowest BCUT2D eigenvalue weighted by Gasteiger charge is -2.11. The lowest BCUT2D eigenvalue weighted by atomic mass is 10.2. The van der Waals surface area contributed by atoms with Gasteiger partial charge in [0.05, 0.1) is 17.6 Å². The summed E-state index contributed by atoms with van der Waals surface area (Å²) in [4.78, 5) is 24.6. The number of hydrogen-bond donors (Lipinski definition) is 3. The zero-order chi connectivity index (χ0) is 22.4. The normalized spacial score (nSPS) is 10.8. The van der Waals surface area contributed by atoms with Gasteiger partial charge < -0.3 is 4.74 Å². The Hall–Kier alpha value is -3.56. The summed E-state index contributed by atoms with van der Waals surface area (Å²) >= 11 is 5.90. The molecule has 0 spiro atoms. The van der Waals surface area contributed by atoms with Crippen LogP contribution in [0.4, 0.5) is 5.69 Å². The first-order valence-electron chi connectivity index (χ1n) is 8.92. The molecular weight excluding hydrogens is 442 g/mol. The number of methoxy groups -OCH3 is 1. The summed E-state index contributed by atoms with van der Waals surface area (Å²) in [6, 6.07) is 18.2. The molecular formula is C21H18ClN3O5S. The number of sulfonamides is 1. The Morgan fingerprint density at radius 2 is 1.52 bits per heavy atom. The first-order chi connectivity index (χ1) is 14.8. The smallest absolute Gasteiger partial charge is 0.273 e. The zero-order valence-electron chi connectivity index (χ0n) is 16.3. The van der Waals surface area contributed by atoms with E-state index in [1.165, 1.54) is 43.5 Å². The van der Waals surface area contributed by atoms with E-state index in [4.69, 9.17) is 16.3 Å². The molecule has 2 amide bonds. The minimum Gasteiger partial charge on any atom is -0.496 e. The van der Waals surface area contributed by atoms with E-state index in [1.807, 2.05) is 0 Å². The molecule has 0 fully saturated rings. The van der Waals surface area contributed by atoms with Gasteiger partial charge in [-0.3, -0.25) is 25.2 Å². The molecule has 3 aromatic carbocycles. The second-order valence-corrected chi connectivity index (χ2v) is 8.37. The fourth-order valence-electron chi connectivity index (χ4n) is 2.62. The van der Waals surface area contributed by atoms with Gasteiger partial charge in [0.2, 0.25) is 0 Å². The molecule has 0 aromatic heterocycles. The Balaban J connectivity index is 1.65. The molecule has 0 aliphatic heterocycles. The largest absolute Gasteiger partial charge is 0.496 e. The lowest BCUT2D eigenvalue weighted by molar-refractivity contribution is 0.0845. The number of nitrogens with one attached hydrogen (secondary N) is 3. The third kappa shape index (κ3) is 5.53. The highest BCUT2D eigenvalue weighted by atomic mass is 35.5. The number of carbonyl (C=O) groups excluding carboxylic acids is 2. The van der Waals surface area contributed by atoms with E-state index in [1.54, 1.807) is 36.4 Å². The highest BCUT2D eigenvalue weighted by Crippen LogP contribution is 2.22. The zero-order valence-corrected chi connectivity index (χ0v) is 17.8. The number of anilines is 1. The predicted molar refractivity (Wildman–Crippen MR) is 117 cm³/mol. The summed E-state index contributed by atoms with van der Waals surface area (Å²) in [5, 5.41) is 0.332. The maximum atomic E-state index is 12.5. The van der Waals surface area contributed by atoms with Crippen LogP contribution in [-0.4, -0.2) is 27.3 Å². The molecule has 3 N–H and O–H groups in total. The van der Waals surface area contributed by atoms with Crippen LogP contribution >= 0.6 is 11.6 Å². The molecule has 0 radical (unpaired) electrons. The Morgan fingerprint density at radius 1 is 0.871 bits per heavy atom. The van der Waals surface area contributed by atoms with Crippen LogP contribution in [0.5, 0.6) is 5.75 Å². The van der Waals surface area contributed by atoms with Crippen molar-refractivity contribution in [3.05, 3.63) is 88.9 Å². The van der Waals surface area contributed by atoms with Crippen LogP contribution in [0, 0.1) is 0 Å². The molecule has 0 aliphatic rings. The molecule has 160 valence electrons. The molecule has 3 aromatic rings. The monoisotopic (exact) mass is 459 g/mol. The molecule has 31 heavy (non-hydrogen) atoms. The summed E-state index contributed by atoms with van der Waals surface area (Å²) in [6.07, 6.45) is 0. The van der Waals surface area contributed by atoms with Gasteiger partial charge in [-0.2, -0.15) is 0 Å². The first kappa shape index (κ1) is 22.1. The van der Waals surface area contributed by atoms with E-state index >= 15 is 0 Å². The number of para-hydroxylation sites is 1. The number of halogens is 1. The molecule has 10 heteroatoms. The molecule has 0 saturated heterocycles. The van der Waals surface area contributed by atoms with Gasteiger partial charge in [-0.15, -0.1) is 0 Å². The van der Waals surface area contributed by atoms with Crippen molar-refractivity contribution < 1.29 is 22.7 Å². The van der Waals surface area contributed by atoms with Crippen molar-refractivity contribution in [2.24, 2.45) is 0 Å². The second kappa shape index (κ2) is 9.50. The van der Waals surface area contributed by atoms with Crippen LogP contribution in [0.1, 0.15) is 20.7 Å². The van der Waals surface area contributed by atoms with Crippen molar-refractivity contribution >= 4 is 39.1 Å². The minimum atomic E-state index is -3.81. The van der Waals surface area contributed by atoms with E-state index in [-0.39, 0.29) is 21.8 Å².